The van der Waals surface area contributed by atoms with Gasteiger partial charge in [-0.05, 0) is 44.5 Å². The van der Waals surface area contributed by atoms with E-state index in [-0.39, 0.29) is 5.92 Å². The summed E-state index contributed by atoms with van der Waals surface area (Å²) < 4.78 is 2.19. The number of likely N-dealkylation sites (tertiary alicyclic amines) is 1. The van der Waals surface area contributed by atoms with Crippen molar-refractivity contribution in [3.05, 3.63) is 30.1 Å². The second-order valence-corrected chi connectivity index (χ2v) is 8.32. The third-order valence-corrected chi connectivity index (χ3v) is 6.32. The highest BCUT2D eigenvalue weighted by Crippen LogP contribution is 2.22. The Labute approximate surface area is 168 Å². The first kappa shape index (κ1) is 19.4. The van der Waals surface area contributed by atoms with Gasteiger partial charge in [-0.2, -0.15) is 0 Å². The average molecular weight is 384 g/mol. The first-order chi connectivity index (χ1) is 13.7. The molecule has 0 spiro atoms. The van der Waals surface area contributed by atoms with Crippen molar-refractivity contribution < 1.29 is 4.79 Å². The number of benzene rings is 1. The van der Waals surface area contributed by atoms with Gasteiger partial charge in [0.15, 0.2) is 0 Å². The first-order valence-corrected chi connectivity index (χ1v) is 10.8. The molecule has 1 aromatic heterocycles. The van der Waals surface area contributed by atoms with Crippen LogP contribution in [0.2, 0.25) is 0 Å². The monoisotopic (exact) mass is 383 g/mol. The van der Waals surface area contributed by atoms with E-state index in [1.54, 1.807) is 0 Å². The Hall–Kier alpha value is -1.92. The minimum atomic E-state index is 0.140. The van der Waals surface area contributed by atoms with E-state index in [0.717, 1.165) is 76.5 Å². The summed E-state index contributed by atoms with van der Waals surface area (Å²) in [5.41, 5.74) is 2.22. The molecule has 0 radical (unpaired) electrons. The van der Waals surface area contributed by atoms with Crippen LogP contribution < -0.4 is 0 Å². The predicted octanol–water partition coefficient (Wildman–Crippen LogP) is 2.34. The number of aromatic nitrogens is 2. The van der Waals surface area contributed by atoms with Crippen LogP contribution in [0.25, 0.3) is 11.0 Å². The van der Waals surface area contributed by atoms with Gasteiger partial charge in [-0.1, -0.05) is 19.1 Å². The molecule has 0 N–H and O–H groups in total. The molecule has 2 fully saturated rings. The fourth-order valence-electron chi connectivity index (χ4n) is 4.70. The maximum Gasteiger partial charge on any atom is 0.227 e. The number of hydrogen-bond acceptors (Lipinski definition) is 4. The highest BCUT2D eigenvalue weighted by atomic mass is 16.2. The molecular formula is C22H33N5O. The molecule has 0 unspecified atom stereocenters. The van der Waals surface area contributed by atoms with Crippen LogP contribution in [0, 0.1) is 5.92 Å². The zero-order chi connectivity index (χ0) is 19.5. The number of amides is 1. The SMILES string of the molecule is CCCN1CCN(C(=O)[C@@H]2CCCN(Cc3nc4ccccc4n3C)C2)CC1. The highest BCUT2D eigenvalue weighted by molar-refractivity contribution is 5.79. The number of carbonyl (C=O) groups is 1. The third-order valence-electron chi connectivity index (χ3n) is 6.32. The van der Waals surface area contributed by atoms with Crippen molar-refractivity contribution in [3.63, 3.8) is 0 Å². The fraction of sp³-hybridized carbons (Fsp3) is 0.636. The number of para-hydroxylation sites is 2. The third kappa shape index (κ3) is 4.08. The predicted molar refractivity (Wildman–Crippen MR) is 112 cm³/mol. The number of fused-ring (bicyclic) bond motifs is 1. The topological polar surface area (TPSA) is 44.6 Å². The molecule has 6 nitrogen and oxygen atoms in total. The molecule has 0 aliphatic carbocycles. The molecule has 2 aromatic rings. The molecule has 152 valence electrons. The van der Waals surface area contributed by atoms with Crippen molar-refractivity contribution in [1.29, 1.82) is 0 Å². The van der Waals surface area contributed by atoms with Crippen molar-refractivity contribution in [2.24, 2.45) is 13.0 Å². The minimum Gasteiger partial charge on any atom is -0.340 e. The number of piperazine rings is 1. The van der Waals surface area contributed by atoms with E-state index >= 15 is 0 Å². The van der Waals surface area contributed by atoms with Gasteiger partial charge < -0.3 is 9.47 Å². The van der Waals surface area contributed by atoms with Gasteiger partial charge in [0, 0.05) is 39.8 Å². The van der Waals surface area contributed by atoms with Gasteiger partial charge in [0.25, 0.3) is 0 Å². The van der Waals surface area contributed by atoms with E-state index < -0.39 is 0 Å². The Bertz CT molecular complexity index is 808. The van der Waals surface area contributed by atoms with Crippen molar-refractivity contribution in [2.75, 3.05) is 45.8 Å². The van der Waals surface area contributed by atoms with Gasteiger partial charge in [0.2, 0.25) is 5.91 Å². The zero-order valence-corrected chi connectivity index (χ0v) is 17.3. The van der Waals surface area contributed by atoms with Crippen molar-refractivity contribution in [2.45, 2.75) is 32.7 Å². The van der Waals surface area contributed by atoms with Crippen LogP contribution in [0.4, 0.5) is 0 Å². The Morgan fingerprint density at radius 2 is 1.89 bits per heavy atom. The van der Waals surface area contributed by atoms with Crippen LogP contribution in [0.15, 0.2) is 24.3 Å². The fourth-order valence-corrected chi connectivity index (χ4v) is 4.70. The van der Waals surface area contributed by atoms with Crippen LogP contribution in [0.5, 0.6) is 0 Å². The van der Waals surface area contributed by atoms with Crippen LogP contribution in [-0.2, 0) is 18.4 Å². The second kappa shape index (κ2) is 8.62. The summed E-state index contributed by atoms with van der Waals surface area (Å²) in [7, 11) is 2.09. The first-order valence-electron chi connectivity index (χ1n) is 10.8. The molecule has 1 amide bonds. The Morgan fingerprint density at radius 3 is 2.64 bits per heavy atom. The number of imidazole rings is 1. The van der Waals surface area contributed by atoms with Crippen LogP contribution >= 0.6 is 0 Å². The van der Waals surface area contributed by atoms with Crippen LogP contribution in [-0.4, -0.2) is 76.0 Å². The molecule has 28 heavy (non-hydrogen) atoms. The maximum absolute atomic E-state index is 13.1. The minimum absolute atomic E-state index is 0.140. The zero-order valence-electron chi connectivity index (χ0n) is 17.3. The molecule has 1 aromatic carbocycles. The lowest BCUT2D eigenvalue weighted by Crippen LogP contribution is -2.52. The van der Waals surface area contributed by atoms with Gasteiger partial charge in [0.1, 0.15) is 5.82 Å². The quantitative estimate of drug-likeness (QED) is 0.795. The van der Waals surface area contributed by atoms with Crippen molar-refractivity contribution in [3.8, 4) is 0 Å². The summed E-state index contributed by atoms with van der Waals surface area (Å²) in [5.74, 6) is 1.59. The summed E-state index contributed by atoms with van der Waals surface area (Å²) in [5, 5.41) is 0. The molecule has 4 rings (SSSR count). The Morgan fingerprint density at radius 1 is 1.11 bits per heavy atom. The lowest BCUT2D eigenvalue weighted by molar-refractivity contribution is -0.139. The molecule has 2 aliphatic rings. The van der Waals surface area contributed by atoms with E-state index in [0.29, 0.717) is 5.91 Å². The van der Waals surface area contributed by atoms with Gasteiger partial charge in [0.05, 0.1) is 23.5 Å². The Balaban J connectivity index is 1.36. The number of piperidine rings is 1. The normalized spacial score (nSPS) is 22.1. The molecule has 6 heteroatoms. The molecule has 0 saturated carbocycles. The molecule has 2 aliphatic heterocycles. The van der Waals surface area contributed by atoms with Crippen molar-refractivity contribution in [1.82, 2.24) is 24.3 Å². The number of carbonyl (C=O) groups excluding carboxylic acids is 1. The molecule has 1 atom stereocenters. The highest BCUT2D eigenvalue weighted by Gasteiger charge is 2.31. The van der Waals surface area contributed by atoms with Gasteiger partial charge in [-0.3, -0.25) is 14.6 Å². The molecule has 0 bridgehead atoms. The molecular weight excluding hydrogens is 350 g/mol. The summed E-state index contributed by atoms with van der Waals surface area (Å²) in [6.07, 6.45) is 3.30. The largest absolute Gasteiger partial charge is 0.340 e. The van der Waals surface area contributed by atoms with Gasteiger partial charge in [-0.15, -0.1) is 0 Å². The van der Waals surface area contributed by atoms with E-state index in [1.165, 1.54) is 11.9 Å². The maximum atomic E-state index is 13.1. The average Bonchev–Trinajstić information content (AvgIpc) is 3.04. The molecule has 3 heterocycles. The number of aryl methyl sites for hydroxylation is 1. The van der Waals surface area contributed by atoms with E-state index in [1.807, 2.05) is 6.07 Å². The molecule has 2 saturated heterocycles. The van der Waals surface area contributed by atoms with Gasteiger partial charge >= 0.3 is 0 Å². The van der Waals surface area contributed by atoms with Gasteiger partial charge in [-0.25, -0.2) is 4.98 Å². The van der Waals surface area contributed by atoms with Crippen LogP contribution in [0.1, 0.15) is 32.0 Å². The second-order valence-electron chi connectivity index (χ2n) is 8.32. The summed E-state index contributed by atoms with van der Waals surface area (Å²) >= 11 is 0. The van der Waals surface area contributed by atoms with Crippen molar-refractivity contribution >= 4 is 16.9 Å². The van der Waals surface area contributed by atoms with E-state index in [4.69, 9.17) is 4.98 Å². The summed E-state index contributed by atoms with van der Waals surface area (Å²) in [4.78, 5) is 24.9. The van der Waals surface area contributed by atoms with E-state index in [9.17, 15) is 4.79 Å². The smallest absolute Gasteiger partial charge is 0.227 e. The summed E-state index contributed by atoms with van der Waals surface area (Å²) in [6.45, 7) is 9.93. The van der Waals surface area contributed by atoms with Crippen LogP contribution in [0.3, 0.4) is 0 Å². The van der Waals surface area contributed by atoms with E-state index in [2.05, 4.69) is 51.4 Å². The standard InChI is InChI=1S/C22H33N5O/c1-3-10-25-12-14-27(15-13-25)22(28)18-7-6-11-26(16-18)17-21-23-19-8-4-5-9-20(19)24(21)2/h4-5,8-9,18H,3,6-7,10-17H2,1-2H3/t18-/m1/s1. The Kier molecular flexibility index (Phi) is 5.97. The number of nitrogens with zero attached hydrogens (tertiary/aromatic N) is 5. The summed E-state index contributed by atoms with van der Waals surface area (Å²) in [6, 6.07) is 8.28. The lowest BCUT2D eigenvalue weighted by atomic mass is 9.96. The number of hydrogen-bond donors (Lipinski definition) is 0. The lowest BCUT2D eigenvalue weighted by Gasteiger charge is -2.39. The number of rotatable bonds is 5.